The third kappa shape index (κ3) is 4.00. The van der Waals surface area contributed by atoms with Gasteiger partial charge in [-0.1, -0.05) is 0 Å². The molecule has 1 amide bonds. The van der Waals surface area contributed by atoms with Crippen molar-refractivity contribution in [3.63, 3.8) is 0 Å². The number of ether oxygens (including phenoxy) is 2. The summed E-state index contributed by atoms with van der Waals surface area (Å²) in [7, 11) is 0. The molecule has 1 unspecified atom stereocenters. The van der Waals surface area contributed by atoms with Crippen LogP contribution in [0.2, 0.25) is 0 Å². The first kappa shape index (κ1) is 21.6. The molecule has 0 radical (unpaired) electrons. The minimum atomic E-state index is -0.747. The number of aryl methyl sites for hydroxylation is 2. The normalized spacial score (nSPS) is 20.0. The third-order valence-electron chi connectivity index (χ3n) is 6.13. The van der Waals surface area contributed by atoms with Gasteiger partial charge in [-0.05, 0) is 19.4 Å². The third-order valence-corrected chi connectivity index (χ3v) is 7.24. The summed E-state index contributed by atoms with van der Waals surface area (Å²) in [5.41, 5.74) is 12.9. The number of amides is 1. The number of nitrogen functional groups attached to an aromatic ring is 2. The van der Waals surface area contributed by atoms with Crippen molar-refractivity contribution in [2.45, 2.75) is 32.3 Å². The molecule has 174 valence electrons. The Labute approximate surface area is 194 Å². The number of hydrogen-bond acceptors (Lipinski definition) is 11. The number of nitrogens with two attached hydrogens (primary N) is 2. The largest absolute Gasteiger partial charge is 0.466 e. The first-order valence-corrected chi connectivity index (χ1v) is 11.6. The molecule has 33 heavy (non-hydrogen) atoms. The molecule has 2 aliphatic heterocycles. The Hall–Kier alpha value is -3.25. The van der Waals surface area contributed by atoms with Crippen molar-refractivity contribution in [3.05, 3.63) is 22.3 Å². The van der Waals surface area contributed by atoms with E-state index in [0.29, 0.717) is 63.0 Å². The van der Waals surface area contributed by atoms with E-state index in [9.17, 15) is 4.79 Å². The highest BCUT2D eigenvalue weighted by molar-refractivity contribution is 7.18. The summed E-state index contributed by atoms with van der Waals surface area (Å²) < 4.78 is 11.9. The van der Waals surface area contributed by atoms with Crippen molar-refractivity contribution >= 4 is 45.0 Å². The molecule has 5 heterocycles. The minimum Gasteiger partial charge on any atom is -0.466 e. The van der Waals surface area contributed by atoms with Crippen molar-refractivity contribution in [2.24, 2.45) is 0 Å². The topological polar surface area (TPSA) is 154 Å². The Morgan fingerprint density at radius 3 is 3.00 bits per heavy atom. The fourth-order valence-corrected chi connectivity index (χ4v) is 5.36. The van der Waals surface area contributed by atoms with E-state index in [-0.39, 0.29) is 11.9 Å². The lowest BCUT2D eigenvalue weighted by atomic mass is 9.98. The Kier molecular flexibility index (Phi) is 5.41. The smallest absolute Gasteiger partial charge is 0.225 e. The fraction of sp³-hybridized carbons (Fsp3) is 0.476. The first-order valence-electron chi connectivity index (χ1n) is 10.8. The minimum absolute atomic E-state index is 0.00835. The molecule has 0 bridgehead atoms. The Morgan fingerprint density at radius 1 is 1.30 bits per heavy atom. The lowest BCUT2D eigenvalue weighted by Crippen LogP contribution is -2.50. The van der Waals surface area contributed by atoms with Crippen LogP contribution in [0.1, 0.15) is 22.4 Å². The summed E-state index contributed by atoms with van der Waals surface area (Å²) in [5.74, 6) is 1.50. The zero-order chi connectivity index (χ0) is 23.2. The van der Waals surface area contributed by atoms with Crippen LogP contribution >= 0.6 is 11.3 Å². The highest BCUT2D eigenvalue weighted by atomic mass is 32.1. The Bertz CT molecular complexity index is 1230. The van der Waals surface area contributed by atoms with E-state index in [1.165, 1.54) is 4.88 Å². The van der Waals surface area contributed by atoms with Gasteiger partial charge in [-0.3, -0.25) is 4.79 Å². The number of aromatic nitrogens is 4. The molecule has 2 aliphatic rings. The van der Waals surface area contributed by atoms with Crippen LogP contribution in [0.3, 0.4) is 0 Å². The second kappa shape index (κ2) is 8.27. The lowest BCUT2D eigenvalue weighted by molar-refractivity contribution is -0.132. The van der Waals surface area contributed by atoms with Gasteiger partial charge in [0.25, 0.3) is 0 Å². The quantitative estimate of drug-likeness (QED) is 0.508. The maximum atomic E-state index is 13.1. The van der Waals surface area contributed by atoms with Gasteiger partial charge in [0.2, 0.25) is 17.7 Å². The van der Waals surface area contributed by atoms with Crippen molar-refractivity contribution < 1.29 is 14.3 Å². The number of thiophene rings is 1. The lowest BCUT2D eigenvalue weighted by Gasteiger charge is -2.31. The number of carbonyl (C=O) groups excluding carboxylic acids is 1. The molecular weight excluding hydrogens is 444 g/mol. The maximum absolute atomic E-state index is 13.1. The van der Waals surface area contributed by atoms with Gasteiger partial charge in [0.05, 0.1) is 30.7 Å². The van der Waals surface area contributed by atoms with Crippen LogP contribution in [0.25, 0.3) is 10.2 Å². The van der Waals surface area contributed by atoms with Crippen molar-refractivity contribution in [2.75, 3.05) is 49.6 Å². The molecule has 12 heteroatoms. The molecule has 1 fully saturated rings. The average Bonchev–Trinajstić information content (AvgIpc) is 3.18. The van der Waals surface area contributed by atoms with Crippen LogP contribution < -0.4 is 21.5 Å². The summed E-state index contributed by atoms with van der Waals surface area (Å²) in [4.78, 5) is 34.0. The predicted molar refractivity (Wildman–Crippen MR) is 125 cm³/mol. The van der Waals surface area contributed by atoms with Crippen LogP contribution in [0.5, 0.6) is 5.88 Å². The number of nitrogens with zero attached hydrogens (tertiary/aromatic N) is 5. The van der Waals surface area contributed by atoms with E-state index in [1.54, 1.807) is 22.6 Å². The number of carbonyl (C=O) groups is 1. The van der Waals surface area contributed by atoms with Crippen molar-refractivity contribution in [1.29, 1.82) is 0 Å². The molecule has 0 saturated carbocycles. The SMILES string of the molecule is Cc1sc2ncnc(NCCC(=O)N3CCOCC4(Cc5c(N)nc(N)nc5O4)C3)c2c1C. The molecule has 5 N–H and O–H groups in total. The summed E-state index contributed by atoms with van der Waals surface area (Å²) in [5, 5.41) is 4.33. The Balaban J connectivity index is 1.25. The summed E-state index contributed by atoms with van der Waals surface area (Å²) in [6.07, 6.45) is 2.33. The number of nitrogens with one attached hydrogen (secondary N) is 1. The molecule has 0 aromatic carbocycles. The van der Waals surface area contributed by atoms with Crippen LogP contribution in [0.15, 0.2) is 6.33 Å². The van der Waals surface area contributed by atoms with Crippen LogP contribution in [0.4, 0.5) is 17.6 Å². The van der Waals surface area contributed by atoms with Gasteiger partial charge >= 0.3 is 0 Å². The summed E-state index contributed by atoms with van der Waals surface area (Å²) in [6, 6.07) is 0. The van der Waals surface area contributed by atoms with Crippen LogP contribution in [-0.2, 0) is 16.0 Å². The van der Waals surface area contributed by atoms with E-state index in [2.05, 4.69) is 39.1 Å². The molecule has 1 saturated heterocycles. The monoisotopic (exact) mass is 470 g/mol. The Morgan fingerprint density at radius 2 is 2.15 bits per heavy atom. The number of rotatable bonds is 4. The molecule has 5 rings (SSSR count). The summed E-state index contributed by atoms with van der Waals surface area (Å²) >= 11 is 1.64. The van der Waals surface area contributed by atoms with Gasteiger partial charge in [-0.2, -0.15) is 9.97 Å². The second-order valence-corrected chi connectivity index (χ2v) is 9.65. The van der Waals surface area contributed by atoms with Gasteiger partial charge in [0, 0.05) is 30.8 Å². The van der Waals surface area contributed by atoms with E-state index in [1.807, 2.05) is 0 Å². The highest BCUT2D eigenvalue weighted by Crippen LogP contribution is 2.38. The van der Waals surface area contributed by atoms with Crippen LogP contribution in [-0.4, -0.2) is 69.2 Å². The standard InChI is InChI=1S/C21H26N8O3S/c1-11-12(2)33-19-15(11)17(25-10-26-19)24-4-3-14(30)29-5-6-31-9-21(8-29)7-13-16(22)27-20(23)28-18(13)32-21/h10H,3-9H2,1-2H3,(H,24,25,26)(H4,22,23,27,28). The highest BCUT2D eigenvalue weighted by Gasteiger charge is 2.45. The number of anilines is 3. The molecule has 3 aromatic heterocycles. The fourth-order valence-electron chi connectivity index (χ4n) is 4.36. The molecular formula is C21H26N8O3S. The van der Waals surface area contributed by atoms with E-state index in [4.69, 9.17) is 20.9 Å². The van der Waals surface area contributed by atoms with Gasteiger partial charge in [-0.15, -0.1) is 11.3 Å². The molecule has 1 spiro atoms. The predicted octanol–water partition coefficient (Wildman–Crippen LogP) is 1.30. The van der Waals surface area contributed by atoms with E-state index < -0.39 is 5.60 Å². The average molecular weight is 471 g/mol. The van der Waals surface area contributed by atoms with Crippen LogP contribution in [0, 0.1) is 13.8 Å². The van der Waals surface area contributed by atoms with Gasteiger partial charge in [-0.25, -0.2) is 9.97 Å². The van der Waals surface area contributed by atoms with Gasteiger partial charge in [0.1, 0.15) is 22.8 Å². The van der Waals surface area contributed by atoms with E-state index >= 15 is 0 Å². The zero-order valence-electron chi connectivity index (χ0n) is 18.6. The molecule has 1 atom stereocenters. The molecule has 0 aliphatic carbocycles. The van der Waals surface area contributed by atoms with Gasteiger partial charge < -0.3 is 31.2 Å². The number of fused-ring (bicyclic) bond motifs is 2. The van der Waals surface area contributed by atoms with Crippen molar-refractivity contribution in [3.8, 4) is 5.88 Å². The molecule has 3 aromatic rings. The maximum Gasteiger partial charge on any atom is 0.225 e. The van der Waals surface area contributed by atoms with Gasteiger partial charge in [0.15, 0.2) is 5.60 Å². The molecule has 11 nitrogen and oxygen atoms in total. The second-order valence-electron chi connectivity index (χ2n) is 8.44. The zero-order valence-corrected chi connectivity index (χ0v) is 19.4. The summed E-state index contributed by atoms with van der Waals surface area (Å²) in [6.45, 7) is 6.23. The first-order chi connectivity index (χ1) is 15.8. The number of hydrogen-bond donors (Lipinski definition) is 3. The van der Waals surface area contributed by atoms with E-state index in [0.717, 1.165) is 21.6 Å². The van der Waals surface area contributed by atoms with Crippen molar-refractivity contribution in [1.82, 2.24) is 24.8 Å².